The largest absolute Gasteiger partial charge is 0.467 e. The van der Waals surface area contributed by atoms with Gasteiger partial charge < -0.3 is 44.7 Å². The fourth-order valence-corrected chi connectivity index (χ4v) is 4.64. The number of carbonyl (C=O) groups is 1. The van der Waals surface area contributed by atoms with E-state index in [1.54, 1.807) is 4.57 Å². The number of esters is 1. The van der Waals surface area contributed by atoms with E-state index >= 15 is 0 Å². The number of methoxy groups -OCH3 is 2. The monoisotopic (exact) mass is 453 g/mol. The predicted octanol–water partition coefficient (Wildman–Crippen LogP) is -2.54. The van der Waals surface area contributed by atoms with Gasteiger partial charge in [-0.15, -0.1) is 0 Å². The highest BCUT2D eigenvalue weighted by atomic mass is 16.7. The van der Waals surface area contributed by atoms with Crippen LogP contribution in [0.25, 0.3) is 11.2 Å². The number of nitrogens with zero attached hydrogens (tertiary/aromatic N) is 4. The van der Waals surface area contributed by atoms with E-state index in [4.69, 9.17) is 24.7 Å². The molecule has 9 atom stereocenters. The van der Waals surface area contributed by atoms with E-state index in [1.807, 2.05) is 0 Å². The highest BCUT2D eigenvalue weighted by Gasteiger charge is 2.65. The molecule has 0 radical (unpaired) electrons. The standard InChI is InChI=1S/C18H23N5O9/c1-28-12-10-6(30-16(12)23-5-22-8-14(19)20-4-21-15(8)23)3-7-18(27,32-10)13(25)9(24)11(31-7)17(26)29-2/h4-7,9-13,16,24-25,27H,3H2,1-2H3,(H2,19,20,21)/t6-,7-,9-,10+,11+,12-,13-,16-,18-/m1/s1. The van der Waals surface area contributed by atoms with Crippen molar-refractivity contribution < 1.29 is 43.8 Å². The number of ether oxygens (including phenoxy) is 5. The molecule has 0 saturated carbocycles. The van der Waals surface area contributed by atoms with Crippen molar-refractivity contribution in [2.45, 2.75) is 61.2 Å². The van der Waals surface area contributed by atoms with Crippen LogP contribution in [0.2, 0.25) is 0 Å². The van der Waals surface area contributed by atoms with Gasteiger partial charge in [0.2, 0.25) is 5.79 Å². The summed E-state index contributed by atoms with van der Waals surface area (Å²) in [6.45, 7) is 0. The number of carbonyl (C=O) groups excluding carboxylic acids is 1. The number of nitrogen functional groups attached to an aromatic ring is 1. The first-order valence-electron chi connectivity index (χ1n) is 9.91. The van der Waals surface area contributed by atoms with Gasteiger partial charge in [0, 0.05) is 13.5 Å². The number of fused-ring (bicyclic) bond motifs is 3. The van der Waals surface area contributed by atoms with Crippen LogP contribution in [-0.4, -0.2) is 104 Å². The fourth-order valence-electron chi connectivity index (χ4n) is 4.64. The second kappa shape index (κ2) is 7.55. The Balaban J connectivity index is 1.47. The molecule has 3 aliphatic rings. The van der Waals surface area contributed by atoms with Crippen LogP contribution in [0.1, 0.15) is 12.6 Å². The lowest BCUT2D eigenvalue weighted by Gasteiger charge is -2.52. The number of hydrogen-bond acceptors (Lipinski definition) is 13. The average Bonchev–Trinajstić information content (AvgIpc) is 3.36. The Hall–Kier alpha value is -2.46. The number of aliphatic hydroxyl groups is 3. The Labute approximate surface area is 180 Å². The maximum absolute atomic E-state index is 12.0. The zero-order valence-electron chi connectivity index (χ0n) is 17.1. The van der Waals surface area contributed by atoms with Gasteiger partial charge in [0.05, 0.1) is 19.5 Å². The maximum atomic E-state index is 12.0. The fraction of sp³-hybridized carbons (Fsp3) is 0.667. The quantitative estimate of drug-likeness (QED) is 0.355. The van der Waals surface area contributed by atoms with Gasteiger partial charge in [0.1, 0.15) is 42.4 Å². The summed E-state index contributed by atoms with van der Waals surface area (Å²) in [5.74, 6) is -2.99. The number of rotatable bonds is 3. The summed E-state index contributed by atoms with van der Waals surface area (Å²) < 4.78 is 29.4. The minimum atomic E-state index is -2.30. The van der Waals surface area contributed by atoms with Crippen LogP contribution < -0.4 is 5.73 Å². The van der Waals surface area contributed by atoms with Crippen LogP contribution in [0, 0.1) is 0 Å². The summed E-state index contributed by atoms with van der Waals surface area (Å²) in [6.07, 6.45) is -6.47. The Kier molecular flexibility index (Phi) is 5.05. The Morgan fingerprint density at radius 3 is 2.78 bits per heavy atom. The molecule has 174 valence electrons. The van der Waals surface area contributed by atoms with Crippen molar-refractivity contribution in [1.82, 2.24) is 19.5 Å². The van der Waals surface area contributed by atoms with Crippen LogP contribution in [0.5, 0.6) is 0 Å². The first kappa shape index (κ1) is 21.4. The number of aliphatic hydroxyl groups excluding tert-OH is 2. The average molecular weight is 453 g/mol. The molecule has 5 heterocycles. The normalized spacial score (nSPS) is 41.3. The molecule has 0 bridgehead atoms. The molecule has 5 rings (SSSR count). The molecule has 0 amide bonds. The third-order valence-electron chi connectivity index (χ3n) is 6.25. The second-order valence-electron chi connectivity index (χ2n) is 7.92. The zero-order chi connectivity index (χ0) is 22.8. The topological polar surface area (TPSA) is 194 Å². The van der Waals surface area contributed by atoms with Crippen molar-refractivity contribution >= 4 is 23.0 Å². The van der Waals surface area contributed by atoms with E-state index in [2.05, 4.69) is 19.7 Å². The van der Waals surface area contributed by atoms with Gasteiger partial charge in [-0.05, 0) is 0 Å². The summed E-state index contributed by atoms with van der Waals surface area (Å²) >= 11 is 0. The van der Waals surface area contributed by atoms with Gasteiger partial charge in [0.15, 0.2) is 23.8 Å². The van der Waals surface area contributed by atoms with Gasteiger partial charge in [-0.25, -0.2) is 19.7 Å². The third-order valence-corrected chi connectivity index (χ3v) is 6.25. The highest BCUT2D eigenvalue weighted by molar-refractivity contribution is 5.81. The molecule has 0 aromatic carbocycles. The molecule has 2 aromatic rings. The molecule has 14 nitrogen and oxygen atoms in total. The zero-order valence-corrected chi connectivity index (χ0v) is 17.1. The summed E-state index contributed by atoms with van der Waals surface area (Å²) in [4.78, 5) is 24.3. The molecule has 32 heavy (non-hydrogen) atoms. The van der Waals surface area contributed by atoms with Crippen molar-refractivity contribution in [3.05, 3.63) is 12.7 Å². The van der Waals surface area contributed by atoms with Gasteiger partial charge >= 0.3 is 5.97 Å². The van der Waals surface area contributed by atoms with Gasteiger partial charge in [-0.3, -0.25) is 4.57 Å². The SMILES string of the molecule is COC(=O)[C@H]1O[C@@H]2C[C@H]3O[C@@H](n4cnc5c(N)ncnc54)[C@H](OC)[C@H]3O[C@@]2(O)[C@H](O)[C@@H]1O. The third kappa shape index (κ3) is 2.92. The van der Waals surface area contributed by atoms with E-state index in [-0.39, 0.29) is 12.2 Å². The predicted molar refractivity (Wildman–Crippen MR) is 102 cm³/mol. The maximum Gasteiger partial charge on any atom is 0.337 e. The van der Waals surface area contributed by atoms with E-state index in [1.165, 1.54) is 19.8 Å². The molecule has 3 saturated heterocycles. The molecule has 14 heteroatoms. The molecule has 2 aromatic heterocycles. The lowest BCUT2D eigenvalue weighted by atomic mass is 9.84. The van der Waals surface area contributed by atoms with Crippen molar-refractivity contribution in [2.24, 2.45) is 0 Å². The molecular weight excluding hydrogens is 430 g/mol. The molecule has 3 aliphatic heterocycles. The van der Waals surface area contributed by atoms with E-state index < -0.39 is 60.7 Å². The summed E-state index contributed by atoms with van der Waals surface area (Å²) in [5.41, 5.74) is 6.66. The number of hydrogen-bond donors (Lipinski definition) is 4. The summed E-state index contributed by atoms with van der Waals surface area (Å²) in [5, 5.41) is 32.1. The van der Waals surface area contributed by atoms with Crippen molar-refractivity contribution in [3.63, 3.8) is 0 Å². The van der Waals surface area contributed by atoms with Crippen molar-refractivity contribution in [3.8, 4) is 0 Å². The van der Waals surface area contributed by atoms with Gasteiger partial charge in [0.25, 0.3) is 0 Å². The van der Waals surface area contributed by atoms with Crippen LogP contribution in [0.15, 0.2) is 12.7 Å². The van der Waals surface area contributed by atoms with E-state index in [0.29, 0.717) is 11.2 Å². The van der Waals surface area contributed by atoms with Crippen LogP contribution in [0.3, 0.4) is 0 Å². The summed E-state index contributed by atoms with van der Waals surface area (Å²) in [7, 11) is 2.57. The number of anilines is 1. The molecule has 0 spiro atoms. The molecule has 5 N–H and O–H groups in total. The van der Waals surface area contributed by atoms with E-state index in [0.717, 1.165) is 7.11 Å². The van der Waals surface area contributed by atoms with Crippen LogP contribution >= 0.6 is 0 Å². The Morgan fingerprint density at radius 2 is 2.06 bits per heavy atom. The van der Waals surface area contributed by atoms with Crippen LogP contribution in [0.4, 0.5) is 5.82 Å². The lowest BCUT2D eigenvalue weighted by Crippen LogP contribution is -2.72. The first-order valence-corrected chi connectivity index (χ1v) is 9.91. The van der Waals surface area contributed by atoms with E-state index in [9.17, 15) is 20.1 Å². The molecule has 0 unspecified atom stereocenters. The summed E-state index contributed by atoms with van der Waals surface area (Å²) in [6, 6.07) is 0. The number of imidazole rings is 1. The minimum absolute atomic E-state index is 0.0402. The second-order valence-corrected chi connectivity index (χ2v) is 7.92. The highest BCUT2D eigenvalue weighted by Crippen LogP contribution is 2.46. The van der Waals surface area contributed by atoms with Gasteiger partial charge in [-0.2, -0.15) is 0 Å². The molecule has 3 fully saturated rings. The lowest BCUT2D eigenvalue weighted by molar-refractivity contribution is -0.397. The Morgan fingerprint density at radius 1 is 1.28 bits per heavy atom. The first-order chi connectivity index (χ1) is 15.3. The number of nitrogens with two attached hydrogens (primary N) is 1. The smallest absolute Gasteiger partial charge is 0.337 e. The Bertz CT molecular complexity index is 1040. The minimum Gasteiger partial charge on any atom is -0.467 e. The van der Waals surface area contributed by atoms with Crippen molar-refractivity contribution in [2.75, 3.05) is 20.0 Å². The van der Waals surface area contributed by atoms with Crippen LogP contribution in [-0.2, 0) is 28.5 Å². The number of aromatic nitrogens is 4. The molecular formula is C18H23N5O9. The van der Waals surface area contributed by atoms with Crippen molar-refractivity contribution in [1.29, 1.82) is 0 Å². The molecule has 0 aliphatic carbocycles. The van der Waals surface area contributed by atoms with Gasteiger partial charge in [-0.1, -0.05) is 0 Å².